The fourth-order valence-corrected chi connectivity index (χ4v) is 6.63. The van der Waals surface area contributed by atoms with E-state index in [1.165, 1.54) is 7.11 Å². The van der Waals surface area contributed by atoms with E-state index in [4.69, 9.17) is 4.74 Å². The highest BCUT2D eigenvalue weighted by molar-refractivity contribution is 5.85. The largest absolute Gasteiger partial charge is 0.497 e. The van der Waals surface area contributed by atoms with Gasteiger partial charge in [0.2, 0.25) is 0 Å². The van der Waals surface area contributed by atoms with Crippen molar-refractivity contribution in [2.24, 2.45) is 11.8 Å². The lowest BCUT2D eigenvalue weighted by molar-refractivity contribution is -0.143. The van der Waals surface area contributed by atoms with Crippen molar-refractivity contribution in [2.75, 3.05) is 30.8 Å². The Bertz CT molecular complexity index is 1810. The highest BCUT2D eigenvalue weighted by Crippen LogP contribution is 2.44. The highest BCUT2D eigenvalue weighted by Gasteiger charge is 2.44. The molecule has 7 rings (SSSR count). The molecule has 4 aromatic rings. The average molecular weight is 631 g/mol. The van der Waals surface area contributed by atoms with E-state index in [2.05, 4.69) is 27.1 Å². The van der Waals surface area contributed by atoms with Gasteiger partial charge in [-0.15, -0.1) is 6.58 Å². The number of alkyl halides is 6. The van der Waals surface area contributed by atoms with Crippen LogP contribution in [0.1, 0.15) is 35.6 Å². The normalized spacial score (nSPS) is 22.4. The summed E-state index contributed by atoms with van der Waals surface area (Å²) in [5.41, 5.74) is -4.95. The third-order valence-corrected chi connectivity index (χ3v) is 8.92. The van der Waals surface area contributed by atoms with Gasteiger partial charge in [0.1, 0.15) is 17.1 Å². The van der Waals surface area contributed by atoms with Crippen molar-refractivity contribution in [3.63, 3.8) is 0 Å². The number of fused-ring (bicyclic) bond motifs is 4. The zero-order valence-corrected chi connectivity index (χ0v) is 23.9. The van der Waals surface area contributed by atoms with E-state index in [1.54, 1.807) is 30.5 Å². The van der Waals surface area contributed by atoms with Crippen LogP contribution < -0.4 is 26.2 Å². The predicted molar refractivity (Wildman–Crippen MR) is 158 cm³/mol. The topological polar surface area (TPSA) is 83.6 Å². The molecule has 0 saturated carbocycles. The molecule has 3 fully saturated rings. The van der Waals surface area contributed by atoms with Gasteiger partial charge in [-0.1, -0.05) is 6.08 Å². The fraction of sp³-hybridized carbons (Fsp3) is 0.344. The van der Waals surface area contributed by atoms with Crippen molar-refractivity contribution < 1.29 is 31.1 Å². The van der Waals surface area contributed by atoms with Crippen molar-refractivity contribution in [2.45, 2.75) is 37.3 Å². The molecule has 2 bridgehead atoms. The van der Waals surface area contributed by atoms with Crippen molar-refractivity contribution in [3.05, 3.63) is 98.5 Å². The number of piperidine rings is 3. The summed E-state index contributed by atoms with van der Waals surface area (Å²) in [6.45, 7) is 5.48. The molecule has 236 valence electrons. The molecule has 0 spiro atoms. The van der Waals surface area contributed by atoms with E-state index in [9.17, 15) is 35.9 Å². The number of hydrogen-bond acceptors (Lipinski definition) is 7. The number of methoxy groups -OCH3 is 1. The van der Waals surface area contributed by atoms with Gasteiger partial charge in [0, 0.05) is 29.9 Å². The summed E-state index contributed by atoms with van der Waals surface area (Å²) in [4.78, 5) is 32.4. The van der Waals surface area contributed by atoms with Crippen LogP contribution >= 0.6 is 0 Å². The van der Waals surface area contributed by atoms with Crippen molar-refractivity contribution >= 4 is 28.0 Å². The number of pyridine rings is 1. The number of aromatic nitrogens is 1. The lowest BCUT2D eigenvalue weighted by Gasteiger charge is -2.52. The number of rotatable bonds is 8. The Hall–Kier alpha value is -4.39. The highest BCUT2D eigenvalue weighted by atomic mass is 19.4. The van der Waals surface area contributed by atoms with Crippen LogP contribution in [-0.2, 0) is 12.4 Å². The summed E-state index contributed by atoms with van der Waals surface area (Å²) in [6.07, 6.45) is -4.94. The van der Waals surface area contributed by atoms with Crippen molar-refractivity contribution in [3.8, 4) is 5.75 Å². The Labute approximate surface area is 253 Å². The molecule has 3 aromatic carbocycles. The molecule has 13 heteroatoms. The van der Waals surface area contributed by atoms with Crippen LogP contribution in [0.5, 0.6) is 5.75 Å². The van der Waals surface area contributed by atoms with Gasteiger partial charge in [-0.2, -0.15) is 26.3 Å². The van der Waals surface area contributed by atoms with Gasteiger partial charge in [-0.05, 0) is 79.3 Å². The van der Waals surface area contributed by atoms with E-state index in [1.807, 2.05) is 6.08 Å². The Morgan fingerprint density at radius 2 is 1.69 bits per heavy atom. The zero-order valence-electron chi connectivity index (χ0n) is 23.9. The Morgan fingerprint density at radius 3 is 2.29 bits per heavy atom. The Morgan fingerprint density at radius 1 is 1.00 bits per heavy atom. The van der Waals surface area contributed by atoms with Gasteiger partial charge >= 0.3 is 12.4 Å². The quantitative estimate of drug-likeness (QED) is 0.128. The fourth-order valence-electron chi connectivity index (χ4n) is 6.63. The van der Waals surface area contributed by atoms with Gasteiger partial charge in [0.15, 0.2) is 0 Å². The summed E-state index contributed by atoms with van der Waals surface area (Å²) >= 11 is 0. The van der Waals surface area contributed by atoms with E-state index >= 15 is 0 Å². The average Bonchev–Trinajstić information content (AvgIpc) is 3.03. The SMILES string of the molecule is C=C[C@H]1CN2CCC1C[C@H]2[C@@H](Nc1c(Nc2cc(C(F)(F)F)cc(C(F)(F)F)c2)c(=O)c1=O)c1ccnc2ccc(OC)cc12. The van der Waals surface area contributed by atoms with Crippen LogP contribution in [0.15, 0.2) is 70.9 Å². The molecule has 2 unspecified atom stereocenters. The molecule has 2 N–H and O–H groups in total. The van der Waals surface area contributed by atoms with Crippen LogP contribution in [-0.4, -0.2) is 36.1 Å². The first-order valence-corrected chi connectivity index (χ1v) is 14.2. The monoisotopic (exact) mass is 630 g/mol. The molecule has 5 atom stereocenters. The van der Waals surface area contributed by atoms with Gasteiger partial charge < -0.3 is 15.4 Å². The lowest BCUT2D eigenvalue weighted by Crippen LogP contribution is -2.56. The van der Waals surface area contributed by atoms with Crippen molar-refractivity contribution in [1.29, 1.82) is 0 Å². The Kier molecular flexibility index (Phi) is 7.62. The molecule has 3 aliphatic heterocycles. The first-order valence-electron chi connectivity index (χ1n) is 14.2. The van der Waals surface area contributed by atoms with Gasteiger partial charge in [-0.3, -0.25) is 19.5 Å². The second kappa shape index (κ2) is 11.2. The summed E-state index contributed by atoms with van der Waals surface area (Å²) in [5.74, 6) is 1.16. The number of anilines is 3. The Balaban J connectivity index is 1.43. The van der Waals surface area contributed by atoms with Gasteiger partial charge in [-0.25, -0.2) is 0 Å². The molecular formula is C32H28F6N4O3. The molecule has 3 saturated heterocycles. The third-order valence-electron chi connectivity index (χ3n) is 8.92. The second-order valence-electron chi connectivity index (χ2n) is 11.5. The third kappa shape index (κ3) is 5.65. The number of benzene rings is 2. The number of ether oxygens (including phenoxy) is 1. The maximum atomic E-state index is 13.5. The summed E-state index contributed by atoms with van der Waals surface area (Å²) < 4.78 is 86.4. The molecule has 7 nitrogen and oxygen atoms in total. The minimum absolute atomic E-state index is 0.00556. The smallest absolute Gasteiger partial charge is 0.416 e. The molecule has 45 heavy (non-hydrogen) atoms. The molecule has 0 amide bonds. The standard InChI is InChI=1S/C32H28F6N4O3/c1-3-16-15-42-9-7-17(16)10-25(42)26(22-6-8-39-24-5-4-21(45-2)14-23(22)24)41-28-27(29(43)30(28)44)40-20-12-18(31(33,34)35)11-19(13-20)32(36,37)38/h3-6,8,11-14,16-17,25-26,40-41H,1,7,9-10,15H2,2H3/t16-,17?,25-,26-/m0/s1. The second-order valence-corrected chi connectivity index (χ2v) is 11.5. The predicted octanol–water partition coefficient (Wildman–Crippen LogP) is 6.67. The molecule has 0 radical (unpaired) electrons. The first-order chi connectivity index (χ1) is 21.3. The first kappa shape index (κ1) is 30.6. The maximum absolute atomic E-state index is 13.5. The minimum atomic E-state index is -5.08. The summed E-state index contributed by atoms with van der Waals surface area (Å²) in [5, 5.41) is 6.30. The number of nitrogens with one attached hydrogen (secondary N) is 2. The van der Waals surface area contributed by atoms with E-state index in [0.29, 0.717) is 29.3 Å². The maximum Gasteiger partial charge on any atom is 0.416 e. The molecule has 3 aliphatic rings. The number of nitrogens with zero attached hydrogens (tertiary/aromatic N) is 2. The van der Waals surface area contributed by atoms with E-state index < -0.39 is 51.8 Å². The van der Waals surface area contributed by atoms with Crippen LogP contribution in [0.2, 0.25) is 0 Å². The molecule has 4 heterocycles. The van der Waals surface area contributed by atoms with Crippen LogP contribution in [0.25, 0.3) is 10.9 Å². The minimum Gasteiger partial charge on any atom is -0.497 e. The number of halogens is 6. The number of hydrogen-bond donors (Lipinski definition) is 2. The molecule has 1 aromatic heterocycles. The molecule has 0 aliphatic carbocycles. The van der Waals surface area contributed by atoms with Crippen LogP contribution in [0.4, 0.5) is 43.4 Å². The lowest BCUT2D eigenvalue weighted by atomic mass is 9.73. The zero-order chi connectivity index (χ0) is 32.3. The van der Waals surface area contributed by atoms with E-state index in [-0.39, 0.29) is 23.7 Å². The van der Waals surface area contributed by atoms with E-state index in [0.717, 1.165) is 36.9 Å². The molecular weight excluding hydrogens is 602 g/mol. The van der Waals surface area contributed by atoms with Crippen LogP contribution in [0.3, 0.4) is 0 Å². The van der Waals surface area contributed by atoms with Gasteiger partial charge in [0.25, 0.3) is 10.9 Å². The van der Waals surface area contributed by atoms with Crippen LogP contribution in [0, 0.1) is 11.8 Å². The summed E-state index contributed by atoms with van der Waals surface area (Å²) in [6, 6.07) is 7.29. The van der Waals surface area contributed by atoms with Gasteiger partial charge in [0.05, 0.1) is 29.8 Å². The van der Waals surface area contributed by atoms with Crippen molar-refractivity contribution in [1.82, 2.24) is 9.88 Å². The summed E-state index contributed by atoms with van der Waals surface area (Å²) in [7, 11) is 1.52.